The number of carbonyl (C=O) groups excluding carboxylic acids is 2. The number of nitrogens with zero attached hydrogens (tertiary/aromatic N) is 9. The van der Waals surface area contributed by atoms with Gasteiger partial charge in [-0.3, -0.25) is 39.7 Å². The Bertz CT molecular complexity index is 2270. The monoisotopic (exact) mass is 727 g/mol. The second kappa shape index (κ2) is 16.0. The third-order valence-corrected chi connectivity index (χ3v) is 6.87. The van der Waals surface area contributed by atoms with E-state index in [2.05, 4.69) is 30.6 Å². The SMILES string of the molecule is CC1=NN(c2ccccc2)C(=O)/C1=N/N=C1\C=CC([N+](=O)[O-])=CC1=O.Cc1[nH]n(-c2ccccc2)c(=O)c1N=Nc1ccc([N+](=O)[O-])cc1[O-].[Cr]. The molecule has 0 fully saturated rings. The average molecular weight is 728 g/mol. The Hall–Kier alpha value is -6.97. The maximum atomic E-state index is 12.5. The van der Waals surface area contributed by atoms with Crippen molar-refractivity contribution in [1.29, 1.82) is 0 Å². The van der Waals surface area contributed by atoms with Crippen LogP contribution in [0, 0.1) is 27.2 Å². The number of amides is 1. The van der Waals surface area contributed by atoms with E-state index in [9.17, 15) is 39.7 Å². The van der Waals surface area contributed by atoms with Gasteiger partial charge in [-0.2, -0.15) is 15.2 Å². The summed E-state index contributed by atoms with van der Waals surface area (Å²) in [6.07, 6.45) is 3.19. The van der Waals surface area contributed by atoms with E-state index in [0.29, 0.717) is 22.8 Å². The summed E-state index contributed by atoms with van der Waals surface area (Å²) < 4.78 is 1.32. The van der Waals surface area contributed by atoms with E-state index in [1.54, 1.807) is 62.4 Å². The third kappa shape index (κ3) is 8.37. The number of allylic oxidation sites excluding steroid dienone is 3. The van der Waals surface area contributed by atoms with Gasteiger partial charge in [0.05, 0.1) is 44.4 Å². The third-order valence-electron chi connectivity index (χ3n) is 6.87. The van der Waals surface area contributed by atoms with Gasteiger partial charge in [-0.05, 0) is 50.3 Å². The van der Waals surface area contributed by atoms with Gasteiger partial charge in [-0.1, -0.05) is 42.1 Å². The van der Waals surface area contributed by atoms with Crippen molar-refractivity contribution in [3.8, 4) is 11.4 Å². The van der Waals surface area contributed by atoms with Crippen LogP contribution in [0.25, 0.3) is 5.69 Å². The normalized spacial score (nSPS) is 15.4. The summed E-state index contributed by atoms with van der Waals surface area (Å²) >= 11 is 0. The molecule has 0 radical (unpaired) electrons. The van der Waals surface area contributed by atoms with E-state index in [1.807, 2.05) is 12.1 Å². The minimum atomic E-state index is -0.674. The van der Waals surface area contributed by atoms with Gasteiger partial charge in [-0.15, -0.1) is 15.3 Å². The molecule has 1 aliphatic heterocycles. The largest absolute Gasteiger partial charge is 0.871 e. The molecule has 2 heterocycles. The number of hydrazone groups is 1. The topological polar surface area (TPSA) is 246 Å². The van der Waals surface area contributed by atoms with Crippen LogP contribution in [0.3, 0.4) is 0 Å². The molecule has 1 aliphatic carbocycles. The maximum Gasteiger partial charge on any atom is 0.301 e. The zero-order valence-electron chi connectivity index (χ0n) is 26.4. The molecule has 0 saturated heterocycles. The number of hydrogen-bond acceptors (Lipinski definition) is 13. The smallest absolute Gasteiger partial charge is 0.301 e. The molecule has 0 unspecified atom stereocenters. The van der Waals surface area contributed by atoms with E-state index in [1.165, 1.54) is 21.8 Å². The van der Waals surface area contributed by atoms with Gasteiger partial charge in [0.25, 0.3) is 16.9 Å². The first-order valence-electron chi connectivity index (χ1n) is 14.4. The minimum Gasteiger partial charge on any atom is -0.871 e. The molecule has 19 heteroatoms. The first-order chi connectivity index (χ1) is 23.9. The number of hydrogen-bond donors (Lipinski definition) is 1. The summed E-state index contributed by atoms with van der Waals surface area (Å²) in [6, 6.07) is 20.9. The van der Waals surface area contributed by atoms with Crippen LogP contribution in [-0.4, -0.2) is 48.5 Å². The predicted molar refractivity (Wildman–Crippen MR) is 179 cm³/mol. The van der Waals surface area contributed by atoms with Gasteiger partial charge in [0.1, 0.15) is 5.71 Å². The number of nitro groups is 2. The van der Waals surface area contributed by atoms with Gasteiger partial charge < -0.3 is 5.11 Å². The molecular weight excluding hydrogens is 704 g/mol. The Morgan fingerprint density at radius 3 is 2.04 bits per heavy atom. The van der Waals surface area contributed by atoms with Crippen molar-refractivity contribution < 1.29 is 41.9 Å². The molecule has 0 spiro atoms. The Balaban J connectivity index is 0.000000224. The van der Waals surface area contributed by atoms with Crippen LogP contribution < -0.4 is 15.7 Å². The number of para-hydroxylation sites is 2. The second-order valence-corrected chi connectivity index (χ2v) is 10.3. The fraction of sp³-hybridized carbons (Fsp3) is 0.0625. The molecule has 1 amide bonds. The van der Waals surface area contributed by atoms with Crippen LogP contribution in [0.5, 0.6) is 5.75 Å². The van der Waals surface area contributed by atoms with Gasteiger partial charge >= 0.3 is 5.91 Å². The van der Waals surface area contributed by atoms with Gasteiger partial charge in [-0.25, -0.2) is 4.68 Å². The molecule has 1 aromatic heterocycles. The van der Waals surface area contributed by atoms with E-state index >= 15 is 0 Å². The van der Waals surface area contributed by atoms with Crippen molar-refractivity contribution in [1.82, 2.24) is 9.78 Å². The number of nitro benzene ring substituents is 1. The summed E-state index contributed by atoms with van der Waals surface area (Å²) in [4.78, 5) is 56.6. The average Bonchev–Trinajstić information content (AvgIpc) is 3.56. The van der Waals surface area contributed by atoms with Crippen LogP contribution >= 0.6 is 0 Å². The van der Waals surface area contributed by atoms with E-state index < -0.39 is 32.8 Å². The zero-order chi connectivity index (χ0) is 35.9. The van der Waals surface area contributed by atoms with E-state index in [4.69, 9.17) is 0 Å². The van der Waals surface area contributed by atoms with Crippen LogP contribution in [0.2, 0.25) is 0 Å². The van der Waals surface area contributed by atoms with Crippen molar-refractivity contribution in [2.75, 3.05) is 5.01 Å². The number of anilines is 1. The summed E-state index contributed by atoms with van der Waals surface area (Å²) in [5.74, 6) is -1.77. The molecule has 256 valence electrons. The number of benzene rings is 3. The van der Waals surface area contributed by atoms with Gasteiger partial charge in [0.15, 0.2) is 11.4 Å². The fourth-order valence-corrected chi connectivity index (χ4v) is 4.38. The molecule has 51 heavy (non-hydrogen) atoms. The van der Waals surface area contributed by atoms with Crippen LogP contribution in [-0.2, 0) is 27.0 Å². The van der Waals surface area contributed by atoms with Gasteiger partial charge in [0, 0.05) is 35.6 Å². The molecule has 18 nitrogen and oxygen atoms in total. The Morgan fingerprint density at radius 1 is 0.804 bits per heavy atom. The van der Waals surface area contributed by atoms with Crippen LogP contribution in [0.1, 0.15) is 12.6 Å². The van der Waals surface area contributed by atoms with E-state index in [-0.39, 0.29) is 51.5 Å². The number of ketones is 1. The first kappa shape index (κ1) is 36.9. The van der Waals surface area contributed by atoms with Crippen molar-refractivity contribution >= 4 is 51.6 Å². The van der Waals surface area contributed by atoms with E-state index in [0.717, 1.165) is 24.3 Å². The van der Waals surface area contributed by atoms with Crippen LogP contribution in [0.15, 0.2) is 133 Å². The molecule has 0 bridgehead atoms. The number of H-pyrrole nitrogens is 1. The van der Waals surface area contributed by atoms with Crippen molar-refractivity contribution in [3.63, 3.8) is 0 Å². The first-order valence-corrected chi connectivity index (χ1v) is 14.4. The van der Waals surface area contributed by atoms with Crippen molar-refractivity contribution in [2.45, 2.75) is 13.8 Å². The molecule has 3 aromatic carbocycles. The molecular formula is C32H23CrN10O8-. The van der Waals surface area contributed by atoms with Crippen molar-refractivity contribution in [3.05, 3.63) is 139 Å². The van der Waals surface area contributed by atoms with Gasteiger partial charge in [0.2, 0.25) is 5.78 Å². The summed E-state index contributed by atoms with van der Waals surface area (Å²) in [7, 11) is 0. The Labute approximate surface area is 297 Å². The number of rotatable bonds is 7. The number of carbonyl (C=O) groups is 2. The fourth-order valence-electron chi connectivity index (χ4n) is 4.38. The molecule has 0 atom stereocenters. The molecule has 4 aromatic rings. The predicted octanol–water partition coefficient (Wildman–Crippen LogP) is 4.37. The Morgan fingerprint density at radius 2 is 1.45 bits per heavy atom. The maximum absolute atomic E-state index is 12.5. The Kier molecular flexibility index (Phi) is 11.5. The number of non-ortho nitro benzene ring substituents is 1. The number of aromatic nitrogens is 2. The number of nitrogens with one attached hydrogen (secondary N) is 1. The van der Waals surface area contributed by atoms with Crippen LogP contribution in [0.4, 0.5) is 22.7 Å². The molecule has 6 rings (SSSR count). The number of azo groups is 1. The second-order valence-electron chi connectivity index (χ2n) is 10.3. The zero-order valence-corrected chi connectivity index (χ0v) is 27.7. The quantitative estimate of drug-likeness (QED) is 0.124. The summed E-state index contributed by atoms with van der Waals surface area (Å²) in [5.41, 5.74) is 0.848. The minimum absolute atomic E-state index is 0. The molecule has 0 saturated carbocycles. The molecule has 1 N–H and O–H groups in total. The summed E-state index contributed by atoms with van der Waals surface area (Å²) in [6.45, 7) is 3.26. The number of aryl methyl sites for hydroxylation is 1. The standard InChI is InChI=1S/C16H13N5O4.C16H11N5O4.Cr/c2*1-10-15(16(23)20(19-10)11-5-3-2-4-6-11)18-17-13-8-7-12(21(24)25)9-14(13)22;/h2-9,19,22H,1H3;2-9H,1H3;/p-1/b;17-13+,18-15+;. The number of aromatic amines is 1. The summed E-state index contributed by atoms with van der Waals surface area (Å²) in [5, 5.41) is 56.5. The molecule has 2 aliphatic rings. The van der Waals surface area contributed by atoms with Crippen molar-refractivity contribution in [2.24, 2.45) is 25.5 Å².